The van der Waals surface area contributed by atoms with Crippen LogP contribution in [0.3, 0.4) is 0 Å². The second-order valence-corrected chi connectivity index (χ2v) is 8.14. The van der Waals surface area contributed by atoms with Gasteiger partial charge in [0.15, 0.2) is 11.2 Å². The van der Waals surface area contributed by atoms with E-state index >= 15 is 0 Å². The van der Waals surface area contributed by atoms with Gasteiger partial charge >= 0.3 is 5.69 Å². The zero-order chi connectivity index (χ0) is 23.3. The minimum atomic E-state index is -0.508. The Hall–Kier alpha value is -4.21. The van der Waals surface area contributed by atoms with E-state index in [0.29, 0.717) is 12.2 Å². The Morgan fingerprint density at radius 2 is 1.88 bits per heavy atom. The van der Waals surface area contributed by atoms with Crippen molar-refractivity contribution in [2.24, 2.45) is 19.2 Å². The molecule has 1 aromatic carbocycles. The molecule has 0 saturated heterocycles. The fourth-order valence-corrected chi connectivity index (χ4v) is 4.10. The van der Waals surface area contributed by atoms with Crippen LogP contribution in [0.4, 0.5) is 0 Å². The summed E-state index contributed by atoms with van der Waals surface area (Å²) in [6.07, 6.45) is 3.46. The molecule has 4 heterocycles. The zero-order valence-electron chi connectivity index (χ0n) is 18.4. The predicted molar refractivity (Wildman–Crippen MR) is 121 cm³/mol. The quantitative estimate of drug-likeness (QED) is 0.474. The summed E-state index contributed by atoms with van der Waals surface area (Å²) < 4.78 is 9.33. The molecule has 0 unspecified atom stereocenters. The van der Waals surface area contributed by atoms with Gasteiger partial charge in [-0.15, -0.1) is 0 Å². The molecule has 1 atom stereocenters. The molecule has 4 aromatic rings. The first-order valence-electron chi connectivity index (χ1n) is 10.5. The molecule has 33 heavy (non-hydrogen) atoms. The number of fused-ring (bicyclic) bond motifs is 1. The number of hydrogen-bond acceptors (Lipinski definition) is 6. The molecular weight excluding hydrogens is 424 g/mol. The summed E-state index contributed by atoms with van der Waals surface area (Å²) in [4.78, 5) is 42.5. The summed E-state index contributed by atoms with van der Waals surface area (Å²) in [5.41, 5.74) is 2.27. The Morgan fingerprint density at radius 3 is 2.58 bits per heavy atom. The van der Waals surface area contributed by atoms with E-state index in [1.165, 1.54) is 34.6 Å². The molecule has 0 bridgehead atoms. The van der Waals surface area contributed by atoms with Gasteiger partial charge in [0.1, 0.15) is 18.3 Å². The maximum absolute atomic E-state index is 13.4. The Bertz CT molecular complexity index is 1510. The first-order chi connectivity index (χ1) is 15.8. The van der Waals surface area contributed by atoms with E-state index in [-0.39, 0.29) is 23.6 Å². The number of carbonyl (C=O) groups is 1. The van der Waals surface area contributed by atoms with Crippen LogP contribution >= 0.6 is 0 Å². The van der Waals surface area contributed by atoms with Crippen molar-refractivity contribution in [3.8, 4) is 0 Å². The van der Waals surface area contributed by atoms with E-state index in [0.717, 1.165) is 21.4 Å². The SMILES string of the molecule is Cc1ccc(C2=NN(C(=O)Cn3cnc4c3c(=O)n(C)c(=O)n4C)[C@@H](c3ccco3)C2)cc1. The summed E-state index contributed by atoms with van der Waals surface area (Å²) in [7, 11) is 2.93. The van der Waals surface area contributed by atoms with Gasteiger partial charge in [-0.05, 0) is 24.6 Å². The molecule has 0 aliphatic carbocycles. The summed E-state index contributed by atoms with van der Waals surface area (Å²) in [5, 5.41) is 6.03. The maximum atomic E-state index is 13.4. The highest BCUT2D eigenvalue weighted by Crippen LogP contribution is 2.33. The van der Waals surface area contributed by atoms with Crippen LogP contribution in [-0.2, 0) is 25.4 Å². The van der Waals surface area contributed by atoms with Crippen molar-refractivity contribution in [1.29, 1.82) is 0 Å². The van der Waals surface area contributed by atoms with Gasteiger partial charge in [0.2, 0.25) is 0 Å². The van der Waals surface area contributed by atoms with Crippen molar-refractivity contribution < 1.29 is 9.21 Å². The number of hydrazone groups is 1. The smallest absolute Gasteiger partial charge is 0.332 e. The molecule has 0 N–H and O–H groups in total. The molecule has 0 spiro atoms. The largest absolute Gasteiger partial charge is 0.467 e. The molecule has 0 radical (unpaired) electrons. The van der Waals surface area contributed by atoms with Crippen LogP contribution in [-0.4, -0.2) is 35.3 Å². The van der Waals surface area contributed by atoms with Crippen molar-refractivity contribution in [2.45, 2.75) is 25.9 Å². The minimum absolute atomic E-state index is 0.161. The number of rotatable bonds is 4. The summed E-state index contributed by atoms with van der Waals surface area (Å²) in [6.45, 7) is 1.85. The van der Waals surface area contributed by atoms with Crippen LogP contribution in [0.15, 0.2) is 68.1 Å². The van der Waals surface area contributed by atoms with Crippen molar-refractivity contribution >= 4 is 22.8 Å². The summed E-state index contributed by atoms with van der Waals surface area (Å²) >= 11 is 0. The number of carbonyl (C=O) groups excluding carboxylic acids is 1. The first-order valence-corrected chi connectivity index (χ1v) is 10.5. The number of benzene rings is 1. The van der Waals surface area contributed by atoms with Gasteiger partial charge in [0.05, 0.1) is 18.3 Å². The fourth-order valence-electron chi connectivity index (χ4n) is 4.10. The number of amides is 1. The summed E-state index contributed by atoms with van der Waals surface area (Å²) in [6, 6.07) is 11.2. The van der Waals surface area contributed by atoms with E-state index in [2.05, 4.69) is 10.1 Å². The standard InChI is InChI=1S/C23H22N6O4/c1-14-6-8-15(9-7-14)16-11-17(18-5-4-10-33-18)29(25-16)19(30)12-28-13-24-21-20(28)22(31)27(3)23(32)26(21)2/h4-10,13,17H,11-12H2,1-3H3/t17-/m1/s1. The van der Waals surface area contributed by atoms with Crippen LogP contribution in [0.5, 0.6) is 0 Å². The molecular formula is C23H22N6O4. The monoisotopic (exact) mass is 446 g/mol. The van der Waals surface area contributed by atoms with Gasteiger partial charge in [-0.1, -0.05) is 29.8 Å². The third kappa shape index (κ3) is 3.39. The van der Waals surface area contributed by atoms with Gasteiger partial charge in [-0.2, -0.15) is 5.10 Å². The average Bonchev–Trinajstić information content (AvgIpc) is 3.56. The Balaban J connectivity index is 1.52. The molecule has 1 aliphatic heterocycles. The normalized spacial score (nSPS) is 15.9. The van der Waals surface area contributed by atoms with E-state index in [4.69, 9.17) is 4.42 Å². The third-order valence-corrected chi connectivity index (χ3v) is 5.95. The third-order valence-electron chi connectivity index (χ3n) is 5.95. The van der Waals surface area contributed by atoms with Crippen molar-refractivity contribution in [3.05, 3.63) is 86.7 Å². The Labute approximate surface area is 188 Å². The number of hydrogen-bond donors (Lipinski definition) is 0. The van der Waals surface area contributed by atoms with E-state index in [9.17, 15) is 14.4 Å². The van der Waals surface area contributed by atoms with Crippen LogP contribution in [0.1, 0.15) is 29.3 Å². The molecule has 10 heteroatoms. The van der Waals surface area contributed by atoms with Crippen molar-refractivity contribution in [1.82, 2.24) is 23.7 Å². The molecule has 10 nitrogen and oxygen atoms in total. The lowest BCUT2D eigenvalue weighted by Crippen LogP contribution is -2.38. The predicted octanol–water partition coefficient (Wildman–Crippen LogP) is 1.71. The van der Waals surface area contributed by atoms with E-state index < -0.39 is 17.3 Å². The lowest BCUT2D eigenvalue weighted by molar-refractivity contribution is -0.133. The van der Waals surface area contributed by atoms with Gasteiger partial charge in [0, 0.05) is 20.5 Å². The van der Waals surface area contributed by atoms with Crippen LogP contribution in [0.25, 0.3) is 11.2 Å². The molecule has 0 saturated carbocycles. The highest BCUT2D eigenvalue weighted by atomic mass is 16.3. The Kier molecular flexibility index (Phi) is 4.85. The van der Waals surface area contributed by atoms with Crippen LogP contribution < -0.4 is 11.2 Å². The van der Waals surface area contributed by atoms with Crippen LogP contribution in [0, 0.1) is 6.92 Å². The van der Waals surface area contributed by atoms with Gasteiger partial charge in [-0.25, -0.2) is 14.8 Å². The highest BCUT2D eigenvalue weighted by molar-refractivity contribution is 6.03. The number of aromatic nitrogens is 4. The van der Waals surface area contributed by atoms with E-state index in [1.54, 1.807) is 12.3 Å². The van der Waals surface area contributed by atoms with Gasteiger partial charge < -0.3 is 8.98 Å². The van der Waals surface area contributed by atoms with Crippen LogP contribution in [0.2, 0.25) is 0 Å². The van der Waals surface area contributed by atoms with Gasteiger partial charge in [-0.3, -0.25) is 18.7 Å². The number of aryl methyl sites for hydroxylation is 2. The molecule has 1 amide bonds. The molecule has 5 rings (SSSR count). The number of furan rings is 1. The van der Waals surface area contributed by atoms with Crippen molar-refractivity contribution in [2.75, 3.05) is 0 Å². The number of imidazole rings is 1. The van der Waals surface area contributed by atoms with Gasteiger partial charge in [0.25, 0.3) is 11.5 Å². The lowest BCUT2D eigenvalue weighted by atomic mass is 10.0. The first kappa shape index (κ1) is 20.7. The minimum Gasteiger partial charge on any atom is -0.467 e. The fraction of sp³-hybridized carbons (Fsp3) is 0.261. The van der Waals surface area contributed by atoms with E-state index in [1.807, 2.05) is 37.3 Å². The average molecular weight is 446 g/mol. The van der Waals surface area contributed by atoms with Crippen molar-refractivity contribution in [3.63, 3.8) is 0 Å². The molecule has 168 valence electrons. The zero-order valence-corrected chi connectivity index (χ0v) is 18.4. The summed E-state index contributed by atoms with van der Waals surface area (Å²) in [5.74, 6) is 0.303. The second-order valence-electron chi connectivity index (χ2n) is 8.14. The maximum Gasteiger partial charge on any atom is 0.332 e. The molecule has 1 aliphatic rings. The number of nitrogens with zero attached hydrogens (tertiary/aromatic N) is 6. The molecule has 0 fully saturated rings. The molecule has 3 aromatic heterocycles. The topological polar surface area (TPSA) is 108 Å². The second kappa shape index (κ2) is 7.73. The highest BCUT2D eigenvalue weighted by Gasteiger charge is 2.35. The lowest BCUT2D eigenvalue weighted by Gasteiger charge is -2.20. The Morgan fingerprint density at radius 1 is 1.12 bits per heavy atom.